The fourth-order valence-corrected chi connectivity index (χ4v) is 3.50. The minimum atomic E-state index is -0.538. The van der Waals surface area contributed by atoms with Crippen molar-refractivity contribution >= 4 is 5.97 Å². The first-order valence-corrected chi connectivity index (χ1v) is 7.91. The van der Waals surface area contributed by atoms with Crippen molar-refractivity contribution in [1.82, 2.24) is 0 Å². The maximum absolute atomic E-state index is 11.3. The van der Waals surface area contributed by atoms with Gasteiger partial charge in [0.2, 0.25) is 0 Å². The molecule has 1 aromatic rings. The van der Waals surface area contributed by atoms with E-state index in [1.807, 2.05) is 36.4 Å². The second-order valence-electron chi connectivity index (χ2n) is 6.25. The van der Waals surface area contributed by atoms with E-state index in [1.54, 1.807) is 6.08 Å². The predicted octanol–water partition coefficient (Wildman–Crippen LogP) is 1.85. The molecule has 5 atom stereocenters. The summed E-state index contributed by atoms with van der Waals surface area (Å²) in [7, 11) is 0. The monoisotopic (exact) mass is 302 g/mol. The minimum Gasteiger partial charge on any atom is -0.462 e. The number of carbonyl (C=O) groups excluding carboxylic acids is 1. The molecule has 1 saturated heterocycles. The summed E-state index contributed by atoms with van der Waals surface area (Å²) in [6.45, 7) is 0. The molecule has 118 valence electrons. The van der Waals surface area contributed by atoms with E-state index in [0.29, 0.717) is 19.3 Å². The quantitative estimate of drug-likeness (QED) is 0.643. The normalized spacial score (nSPS) is 32.2. The number of carbonyl (C=O) groups is 1. The number of fused-ring (bicyclic) bond motifs is 1. The van der Waals surface area contributed by atoms with Crippen LogP contribution in [0.3, 0.4) is 0 Å². The van der Waals surface area contributed by atoms with Gasteiger partial charge in [0.05, 0.1) is 18.6 Å². The number of hydrogen-bond acceptors (Lipinski definition) is 4. The summed E-state index contributed by atoms with van der Waals surface area (Å²) in [5.74, 6) is -0.215. The zero-order valence-corrected chi connectivity index (χ0v) is 12.5. The molecular weight excluding hydrogens is 280 g/mol. The molecule has 2 aliphatic rings. The number of rotatable bonds is 5. The van der Waals surface area contributed by atoms with Gasteiger partial charge in [-0.15, -0.1) is 0 Å². The number of hydrogen-bond donors (Lipinski definition) is 2. The van der Waals surface area contributed by atoms with E-state index in [2.05, 4.69) is 0 Å². The summed E-state index contributed by atoms with van der Waals surface area (Å²) in [4.78, 5) is 11.3. The zero-order chi connectivity index (χ0) is 15.5. The van der Waals surface area contributed by atoms with E-state index >= 15 is 0 Å². The van der Waals surface area contributed by atoms with Crippen LogP contribution in [0.4, 0.5) is 0 Å². The van der Waals surface area contributed by atoms with Gasteiger partial charge in [-0.1, -0.05) is 42.5 Å². The molecule has 1 heterocycles. The van der Waals surface area contributed by atoms with Gasteiger partial charge in [-0.2, -0.15) is 0 Å². The maximum Gasteiger partial charge on any atom is 0.306 e. The lowest BCUT2D eigenvalue weighted by Crippen LogP contribution is -2.18. The van der Waals surface area contributed by atoms with Crippen LogP contribution in [0.5, 0.6) is 0 Å². The Labute approximate surface area is 130 Å². The minimum absolute atomic E-state index is 0.0556. The molecule has 0 bridgehead atoms. The van der Waals surface area contributed by atoms with Gasteiger partial charge >= 0.3 is 5.97 Å². The molecule has 4 nitrogen and oxygen atoms in total. The topological polar surface area (TPSA) is 66.8 Å². The molecule has 2 N–H and O–H groups in total. The first-order chi connectivity index (χ1) is 10.6. The van der Waals surface area contributed by atoms with E-state index in [-0.39, 0.29) is 23.9 Å². The second kappa shape index (κ2) is 6.63. The summed E-state index contributed by atoms with van der Waals surface area (Å²) in [6.07, 6.45) is 4.78. The third-order valence-electron chi connectivity index (χ3n) is 4.70. The van der Waals surface area contributed by atoms with Crippen molar-refractivity contribution in [2.24, 2.45) is 11.8 Å². The number of aliphatic hydroxyl groups is 2. The summed E-state index contributed by atoms with van der Waals surface area (Å²) in [5.41, 5.74) is 1.20. The number of aliphatic hydroxyl groups excluding tert-OH is 2. The molecule has 1 aliphatic heterocycles. The average Bonchev–Trinajstić information content (AvgIpc) is 2.99. The van der Waals surface area contributed by atoms with Crippen molar-refractivity contribution in [3.8, 4) is 0 Å². The highest BCUT2D eigenvalue weighted by molar-refractivity contribution is 5.72. The van der Waals surface area contributed by atoms with Gasteiger partial charge < -0.3 is 14.9 Å². The molecular formula is C18H22O4. The van der Waals surface area contributed by atoms with Crippen LogP contribution in [-0.2, 0) is 16.0 Å². The smallest absolute Gasteiger partial charge is 0.306 e. The Bertz CT molecular complexity index is 539. The van der Waals surface area contributed by atoms with Crippen LogP contribution in [0.1, 0.15) is 24.8 Å². The number of esters is 1. The highest BCUT2D eigenvalue weighted by Crippen LogP contribution is 2.42. The summed E-state index contributed by atoms with van der Waals surface area (Å²) in [5, 5.41) is 20.2. The Morgan fingerprint density at radius 1 is 1.32 bits per heavy atom. The fraction of sp³-hybridized carbons (Fsp3) is 0.500. The number of ether oxygens (including phenoxy) is 1. The Hall–Kier alpha value is -1.65. The van der Waals surface area contributed by atoms with Gasteiger partial charge in [0, 0.05) is 18.3 Å². The molecule has 0 spiro atoms. The molecule has 0 radical (unpaired) electrons. The third-order valence-corrected chi connectivity index (χ3v) is 4.70. The van der Waals surface area contributed by atoms with Crippen LogP contribution in [0.2, 0.25) is 0 Å². The van der Waals surface area contributed by atoms with Crippen LogP contribution in [0, 0.1) is 11.8 Å². The van der Waals surface area contributed by atoms with Crippen molar-refractivity contribution in [2.45, 2.75) is 44.0 Å². The Kier molecular flexibility index (Phi) is 4.60. The van der Waals surface area contributed by atoms with Gasteiger partial charge in [-0.3, -0.25) is 4.79 Å². The van der Waals surface area contributed by atoms with Crippen molar-refractivity contribution in [3.05, 3.63) is 48.0 Å². The molecule has 0 aromatic heterocycles. The van der Waals surface area contributed by atoms with E-state index < -0.39 is 12.2 Å². The van der Waals surface area contributed by atoms with Crippen LogP contribution in [0.15, 0.2) is 42.5 Å². The molecule has 1 saturated carbocycles. The van der Waals surface area contributed by atoms with E-state index in [9.17, 15) is 15.0 Å². The lowest BCUT2D eigenvalue weighted by molar-refractivity contribution is -0.141. The number of benzene rings is 1. The first-order valence-electron chi connectivity index (χ1n) is 7.91. The Morgan fingerprint density at radius 3 is 2.86 bits per heavy atom. The van der Waals surface area contributed by atoms with Gasteiger partial charge in [0.15, 0.2) is 0 Å². The lowest BCUT2D eigenvalue weighted by atomic mass is 9.91. The summed E-state index contributed by atoms with van der Waals surface area (Å²) < 4.78 is 5.20. The van der Waals surface area contributed by atoms with E-state index in [0.717, 1.165) is 6.42 Å². The standard InChI is InChI=1S/C18H22O4/c19-13(7-6-12-4-2-1-3-5-12)8-9-14-15-10-18(21)22-17(15)11-16(14)20/h1-5,8-9,13-17,19-20H,6-7,10-11H2/t13-,14+,15+,16+,17?/m0/s1. The van der Waals surface area contributed by atoms with Crippen molar-refractivity contribution in [1.29, 1.82) is 0 Å². The van der Waals surface area contributed by atoms with E-state index in [1.165, 1.54) is 5.56 Å². The van der Waals surface area contributed by atoms with Gasteiger partial charge in [0.25, 0.3) is 0 Å². The van der Waals surface area contributed by atoms with Crippen molar-refractivity contribution in [3.63, 3.8) is 0 Å². The molecule has 1 unspecified atom stereocenters. The fourth-order valence-electron chi connectivity index (χ4n) is 3.50. The zero-order valence-electron chi connectivity index (χ0n) is 12.5. The Balaban J connectivity index is 1.53. The lowest BCUT2D eigenvalue weighted by Gasteiger charge is -2.15. The van der Waals surface area contributed by atoms with E-state index in [4.69, 9.17) is 4.74 Å². The molecule has 0 amide bonds. The van der Waals surface area contributed by atoms with Gasteiger partial charge in [0.1, 0.15) is 6.10 Å². The SMILES string of the molecule is O=C1C[C@H]2C(C[C@@H](O)[C@@H]2C=C[C@@H](O)CCc2ccccc2)O1. The first kappa shape index (κ1) is 15.3. The van der Waals surface area contributed by atoms with Crippen molar-refractivity contribution in [2.75, 3.05) is 0 Å². The third kappa shape index (κ3) is 3.39. The van der Waals surface area contributed by atoms with Crippen LogP contribution in [0.25, 0.3) is 0 Å². The molecule has 1 aromatic carbocycles. The highest BCUT2D eigenvalue weighted by Gasteiger charge is 2.48. The molecule has 22 heavy (non-hydrogen) atoms. The average molecular weight is 302 g/mol. The molecule has 2 fully saturated rings. The summed E-state index contributed by atoms with van der Waals surface area (Å²) in [6, 6.07) is 10.0. The largest absolute Gasteiger partial charge is 0.462 e. The summed E-state index contributed by atoms with van der Waals surface area (Å²) >= 11 is 0. The second-order valence-corrected chi connectivity index (χ2v) is 6.25. The molecule has 3 rings (SSSR count). The number of aryl methyl sites for hydroxylation is 1. The Morgan fingerprint density at radius 2 is 2.09 bits per heavy atom. The highest BCUT2D eigenvalue weighted by atomic mass is 16.6. The maximum atomic E-state index is 11.3. The predicted molar refractivity (Wildman–Crippen MR) is 82.0 cm³/mol. The van der Waals surface area contributed by atoms with Crippen LogP contribution in [-0.4, -0.2) is 34.5 Å². The van der Waals surface area contributed by atoms with Crippen LogP contribution >= 0.6 is 0 Å². The van der Waals surface area contributed by atoms with Gasteiger partial charge in [-0.25, -0.2) is 0 Å². The van der Waals surface area contributed by atoms with Crippen LogP contribution < -0.4 is 0 Å². The van der Waals surface area contributed by atoms with Crippen molar-refractivity contribution < 1.29 is 19.7 Å². The molecule has 4 heteroatoms. The molecule has 1 aliphatic carbocycles. The van der Waals surface area contributed by atoms with Gasteiger partial charge in [-0.05, 0) is 18.4 Å².